The van der Waals surface area contributed by atoms with Gasteiger partial charge in [0.15, 0.2) is 5.78 Å². The predicted octanol–water partition coefficient (Wildman–Crippen LogP) is 9.16. The van der Waals surface area contributed by atoms with Crippen molar-refractivity contribution in [2.24, 2.45) is 11.1 Å². The lowest BCUT2D eigenvalue weighted by Crippen LogP contribution is -2.26. The molecule has 43 heavy (non-hydrogen) atoms. The van der Waals surface area contributed by atoms with Gasteiger partial charge in [-0.15, -0.1) is 0 Å². The van der Waals surface area contributed by atoms with Gasteiger partial charge in [-0.3, -0.25) is 9.59 Å². The Hall–Kier alpha value is -3.86. The van der Waals surface area contributed by atoms with Gasteiger partial charge in [-0.2, -0.15) is 0 Å². The van der Waals surface area contributed by atoms with Gasteiger partial charge < -0.3 is 4.84 Å². The number of carbonyl (C=O) groups excluding carboxylic acids is 3. The lowest BCUT2D eigenvalue weighted by molar-refractivity contribution is -0.140. The maximum atomic E-state index is 14.0. The third kappa shape index (κ3) is 6.13. The smallest absolute Gasteiger partial charge is 0.318 e. The maximum absolute atomic E-state index is 14.0. The number of carbonyl (C=O) groups is 3. The molecular formula is C38H43NO4. The van der Waals surface area contributed by atoms with Crippen molar-refractivity contribution in [3.63, 3.8) is 0 Å². The highest BCUT2D eigenvalue weighted by atomic mass is 16.7. The minimum atomic E-state index is -0.528. The van der Waals surface area contributed by atoms with E-state index in [9.17, 15) is 14.4 Å². The van der Waals surface area contributed by atoms with Crippen LogP contribution < -0.4 is 0 Å². The Morgan fingerprint density at radius 3 is 2.05 bits per heavy atom. The fourth-order valence-corrected chi connectivity index (χ4v) is 7.40. The second-order valence-corrected chi connectivity index (χ2v) is 12.4. The summed E-state index contributed by atoms with van der Waals surface area (Å²) in [7, 11) is 0. The average Bonchev–Trinajstić information content (AvgIpc) is 3.27. The molecule has 0 spiro atoms. The third-order valence-electron chi connectivity index (χ3n) is 9.38. The van der Waals surface area contributed by atoms with Crippen LogP contribution in [0.15, 0.2) is 65.8 Å². The number of benzene rings is 3. The molecule has 0 atom stereocenters. The molecule has 0 saturated heterocycles. The highest BCUT2D eigenvalue weighted by Gasteiger charge is 2.42. The van der Waals surface area contributed by atoms with Gasteiger partial charge in [0.2, 0.25) is 5.78 Å². The lowest BCUT2D eigenvalue weighted by atomic mass is 9.71. The number of oxime groups is 1. The second-order valence-electron chi connectivity index (χ2n) is 12.4. The number of fused-ring (bicyclic) bond motifs is 3. The van der Waals surface area contributed by atoms with Crippen LogP contribution in [-0.4, -0.2) is 23.2 Å². The van der Waals surface area contributed by atoms with Crippen LogP contribution in [0.4, 0.5) is 0 Å². The molecule has 0 amide bonds. The Bertz CT molecular complexity index is 1550. The molecule has 2 aliphatic rings. The summed E-state index contributed by atoms with van der Waals surface area (Å²) in [6.45, 7) is 7.67. The highest BCUT2D eigenvalue weighted by Crippen LogP contribution is 2.54. The summed E-state index contributed by atoms with van der Waals surface area (Å²) < 4.78 is 0. The monoisotopic (exact) mass is 577 g/mol. The van der Waals surface area contributed by atoms with Gasteiger partial charge in [-0.05, 0) is 72.1 Å². The number of rotatable bonds is 11. The Kier molecular flexibility index (Phi) is 9.39. The number of hydrogen-bond donors (Lipinski definition) is 0. The number of hydrogen-bond acceptors (Lipinski definition) is 5. The highest BCUT2D eigenvalue weighted by molar-refractivity contribution is 6.46. The van der Waals surface area contributed by atoms with Crippen LogP contribution in [-0.2, 0) is 15.0 Å². The molecule has 5 rings (SSSR count). The van der Waals surface area contributed by atoms with Crippen LogP contribution in [0.1, 0.15) is 128 Å². The minimum Gasteiger partial charge on any atom is -0.318 e. The van der Waals surface area contributed by atoms with E-state index in [0.717, 1.165) is 79.2 Å². The van der Waals surface area contributed by atoms with Gasteiger partial charge in [0, 0.05) is 29.0 Å². The molecule has 5 heteroatoms. The zero-order valence-corrected chi connectivity index (χ0v) is 26.0. The van der Waals surface area contributed by atoms with Crippen molar-refractivity contribution in [3.05, 3.63) is 94.0 Å². The van der Waals surface area contributed by atoms with E-state index in [4.69, 9.17) is 4.84 Å². The van der Waals surface area contributed by atoms with E-state index in [0.29, 0.717) is 29.2 Å². The fraction of sp³-hybridized carbons (Fsp3) is 0.421. The molecule has 3 aromatic rings. The molecule has 1 fully saturated rings. The first kappa shape index (κ1) is 30.6. The quantitative estimate of drug-likeness (QED) is 0.0986. The van der Waals surface area contributed by atoms with Gasteiger partial charge in [-0.25, -0.2) is 4.79 Å². The van der Waals surface area contributed by atoms with E-state index >= 15 is 0 Å². The van der Waals surface area contributed by atoms with Crippen molar-refractivity contribution in [3.8, 4) is 11.1 Å². The normalized spacial score (nSPS) is 16.0. The van der Waals surface area contributed by atoms with Crippen molar-refractivity contribution in [1.82, 2.24) is 0 Å². The van der Waals surface area contributed by atoms with Crippen LogP contribution in [0.2, 0.25) is 0 Å². The minimum absolute atomic E-state index is 0.0312. The van der Waals surface area contributed by atoms with Gasteiger partial charge >= 0.3 is 5.97 Å². The summed E-state index contributed by atoms with van der Waals surface area (Å²) >= 11 is 0. The molecule has 5 nitrogen and oxygen atoms in total. The zero-order valence-electron chi connectivity index (χ0n) is 26.0. The largest absolute Gasteiger partial charge is 0.331 e. The van der Waals surface area contributed by atoms with Gasteiger partial charge in [0.05, 0.1) is 0 Å². The van der Waals surface area contributed by atoms with Crippen LogP contribution in [0.3, 0.4) is 0 Å². The topological polar surface area (TPSA) is 72.8 Å². The van der Waals surface area contributed by atoms with E-state index < -0.39 is 5.97 Å². The summed E-state index contributed by atoms with van der Waals surface area (Å²) in [5.41, 5.74) is 7.53. The molecule has 1 saturated carbocycles. The van der Waals surface area contributed by atoms with Gasteiger partial charge in [0.25, 0.3) is 0 Å². The fourth-order valence-electron chi connectivity index (χ4n) is 7.40. The number of aryl methyl sites for hydroxylation is 1. The summed E-state index contributed by atoms with van der Waals surface area (Å²) in [6.07, 6.45) is 9.93. The molecule has 0 bridgehead atoms. The molecule has 0 N–H and O–H groups in total. The standard InChI is InChI=1S/C38H43NO4/c1-5-20-38(21-6-2)33-23-28(36(41)30-15-11-10-12-25(30)3)16-18-31(33)32-19-17-29(24-34(32)38)37(42)35(39-43-26(4)40)22-27-13-8-7-9-14-27/h10-12,15-19,23-24,27H,5-9,13-14,20-22H2,1-4H3/b39-35+. The van der Waals surface area contributed by atoms with E-state index in [1.807, 2.05) is 43.3 Å². The Balaban J connectivity index is 1.57. The third-order valence-corrected chi connectivity index (χ3v) is 9.38. The molecule has 0 unspecified atom stereocenters. The number of Topliss-reactive ketones (excluding diaryl/α,β-unsaturated/α-hetero) is 1. The van der Waals surface area contributed by atoms with Crippen molar-refractivity contribution >= 4 is 23.2 Å². The maximum Gasteiger partial charge on any atom is 0.331 e. The Morgan fingerprint density at radius 2 is 1.44 bits per heavy atom. The SMILES string of the molecule is CCCC1(CCC)c2cc(C(=O)/C(CC3CCCCC3)=N/OC(C)=O)ccc2-c2ccc(C(=O)c3ccccc3C)cc21. The van der Waals surface area contributed by atoms with Crippen LogP contribution in [0.5, 0.6) is 0 Å². The average molecular weight is 578 g/mol. The summed E-state index contributed by atoms with van der Waals surface area (Å²) in [6, 6.07) is 19.9. The first-order chi connectivity index (χ1) is 20.8. The van der Waals surface area contributed by atoms with Crippen molar-refractivity contribution in [2.45, 2.75) is 97.3 Å². The summed E-state index contributed by atoms with van der Waals surface area (Å²) in [4.78, 5) is 44.3. The first-order valence-electron chi connectivity index (χ1n) is 16.0. The second kappa shape index (κ2) is 13.2. The summed E-state index contributed by atoms with van der Waals surface area (Å²) in [5.74, 6) is -0.306. The lowest BCUT2D eigenvalue weighted by Gasteiger charge is -2.32. The molecule has 0 heterocycles. The van der Waals surface area contributed by atoms with E-state index in [2.05, 4.69) is 43.3 Å². The molecule has 3 aromatic carbocycles. The molecule has 0 radical (unpaired) electrons. The van der Waals surface area contributed by atoms with Crippen molar-refractivity contribution in [1.29, 1.82) is 0 Å². The van der Waals surface area contributed by atoms with Gasteiger partial charge in [0.1, 0.15) is 5.71 Å². The Labute approximate surface area is 255 Å². The number of nitrogens with zero attached hydrogens (tertiary/aromatic N) is 1. The molecular weight excluding hydrogens is 534 g/mol. The Morgan fingerprint density at radius 1 is 0.837 bits per heavy atom. The molecule has 224 valence electrons. The molecule has 0 aliphatic heterocycles. The molecule has 2 aliphatic carbocycles. The summed E-state index contributed by atoms with van der Waals surface area (Å²) in [5, 5.41) is 4.08. The van der Waals surface area contributed by atoms with Crippen LogP contribution in [0.25, 0.3) is 11.1 Å². The van der Waals surface area contributed by atoms with Crippen LogP contribution in [0, 0.1) is 12.8 Å². The first-order valence-corrected chi connectivity index (χ1v) is 16.0. The van der Waals surface area contributed by atoms with Crippen molar-refractivity contribution < 1.29 is 19.2 Å². The van der Waals surface area contributed by atoms with E-state index in [-0.39, 0.29) is 17.0 Å². The number of ketones is 2. The van der Waals surface area contributed by atoms with E-state index in [1.165, 1.54) is 18.9 Å². The van der Waals surface area contributed by atoms with Crippen LogP contribution >= 0.6 is 0 Å². The van der Waals surface area contributed by atoms with Crippen molar-refractivity contribution in [2.75, 3.05) is 0 Å². The predicted molar refractivity (Wildman–Crippen MR) is 172 cm³/mol. The molecule has 0 aromatic heterocycles. The van der Waals surface area contributed by atoms with E-state index in [1.54, 1.807) is 0 Å². The zero-order chi connectivity index (χ0) is 30.6. The van der Waals surface area contributed by atoms with Gasteiger partial charge in [-0.1, -0.05) is 112 Å².